The topological polar surface area (TPSA) is 54.9 Å². The quantitative estimate of drug-likeness (QED) is 0.871. The number of fused-ring (bicyclic) bond motifs is 1. The third kappa shape index (κ3) is 3.67. The molecule has 19 heavy (non-hydrogen) atoms. The minimum absolute atomic E-state index is 0.0226. The number of hydrogen-bond donors (Lipinski definition) is 1. The minimum Gasteiger partial charge on any atom is -0.353 e. The Morgan fingerprint density at radius 2 is 1.89 bits per heavy atom. The summed E-state index contributed by atoms with van der Waals surface area (Å²) in [4.78, 5) is 20.7. The van der Waals surface area contributed by atoms with Crippen molar-refractivity contribution >= 4 is 28.7 Å². The molecule has 0 aliphatic heterocycles. The normalized spacial score (nSPS) is 10.9. The fourth-order valence-corrected chi connectivity index (χ4v) is 2.47. The lowest BCUT2D eigenvalue weighted by atomic mass is 10.3. The number of nitrogens with one attached hydrogen (secondary N) is 1. The fourth-order valence-electron chi connectivity index (χ4n) is 1.71. The Hall–Kier alpha value is -1.62. The zero-order chi connectivity index (χ0) is 13.8. The summed E-state index contributed by atoms with van der Waals surface area (Å²) in [6.45, 7) is 5.81. The van der Waals surface area contributed by atoms with E-state index in [9.17, 15) is 4.79 Å². The molecule has 0 fully saturated rings. The Bertz CT molecular complexity index is 598. The summed E-state index contributed by atoms with van der Waals surface area (Å²) >= 11 is 1.43. The van der Waals surface area contributed by atoms with E-state index in [1.54, 1.807) is 0 Å². The van der Waals surface area contributed by atoms with E-state index in [1.807, 2.05) is 45.0 Å². The number of nitrogens with zero attached hydrogens (tertiary/aromatic N) is 2. The van der Waals surface area contributed by atoms with Crippen molar-refractivity contribution in [2.24, 2.45) is 0 Å². The van der Waals surface area contributed by atoms with Gasteiger partial charge in [0.15, 0.2) is 0 Å². The monoisotopic (exact) mass is 275 g/mol. The van der Waals surface area contributed by atoms with Crippen molar-refractivity contribution in [3.05, 3.63) is 30.0 Å². The van der Waals surface area contributed by atoms with Crippen LogP contribution in [-0.2, 0) is 4.79 Å². The van der Waals surface area contributed by atoms with E-state index in [0.717, 1.165) is 21.8 Å². The molecular formula is C14H17N3OS. The number of carbonyl (C=O) groups excluding carboxylic acids is 1. The molecule has 0 radical (unpaired) electrons. The number of aromatic nitrogens is 2. The summed E-state index contributed by atoms with van der Waals surface area (Å²) in [5.74, 6) is 0.390. The number of amides is 1. The number of benzene rings is 1. The molecule has 1 aromatic carbocycles. The van der Waals surface area contributed by atoms with Crippen LogP contribution in [0.25, 0.3) is 11.0 Å². The molecule has 0 saturated carbocycles. The third-order valence-corrected chi connectivity index (χ3v) is 3.56. The van der Waals surface area contributed by atoms with E-state index in [2.05, 4.69) is 15.3 Å². The summed E-state index contributed by atoms with van der Waals surface area (Å²) in [5.41, 5.74) is 2.61. The minimum atomic E-state index is 0.0226. The highest BCUT2D eigenvalue weighted by Gasteiger charge is 2.09. The van der Waals surface area contributed by atoms with Crippen LogP contribution >= 0.6 is 11.8 Å². The molecule has 0 bridgehead atoms. The number of thioether (sulfide) groups is 1. The molecule has 1 amide bonds. The van der Waals surface area contributed by atoms with Crippen molar-refractivity contribution in [1.29, 1.82) is 0 Å². The highest BCUT2D eigenvalue weighted by atomic mass is 32.2. The Morgan fingerprint density at radius 3 is 2.53 bits per heavy atom. The van der Waals surface area contributed by atoms with Gasteiger partial charge in [0.2, 0.25) is 5.91 Å². The van der Waals surface area contributed by atoms with E-state index in [0.29, 0.717) is 5.75 Å². The number of aryl methyl sites for hydroxylation is 1. The Labute approximate surface area is 117 Å². The zero-order valence-corrected chi connectivity index (χ0v) is 12.1. The molecular weight excluding hydrogens is 258 g/mol. The number of rotatable bonds is 4. The molecule has 0 aliphatic rings. The van der Waals surface area contributed by atoms with Crippen molar-refractivity contribution in [3.8, 4) is 0 Å². The van der Waals surface area contributed by atoms with Gasteiger partial charge in [0.1, 0.15) is 5.03 Å². The van der Waals surface area contributed by atoms with Gasteiger partial charge in [-0.1, -0.05) is 23.9 Å². The van der Waals surface area contributed by atoms with Crippen LogP contribution in [0.4, 0.5) is 0 Å². The van der Waals surface area contributed by atoms with Gasteiger partial charge in [0.25, 0.3) is 0 Å². The molecule has 0 unspecified atom stereocenters. The van der Waals surface area contributed by atoms with Gasteiger partial charge >= 0.3 is 0 Å². The highest BCUT2D eigenvalue weighted by molar-refractivity contribution is 7.99. The van der Waals surface area contributed by atoms with E-state index in [-0.39, 0.29) is 11.9 Å². The van der Waals surface area contributed by atoms with Gasteiger partial charge in [-0.05, 0) is 32.9 Å². The number of carbonyl (C=O) groups is 1. The first-order valence-corrected chi connectivity index (χ1v) is 7.20. The predicted octanol–water partition coefficient (Wildman–Crippen LogP) is 2.55. The number of hydrogen-bond acceptors (Lipinski definition) is 4. The summed E-state index contributed by atoms with van der Waals surface area (Å²) in [5, 5.41) is 3.68. The standard InChI is InChI=1S/C14H17N3OS/c1-9(2)15-13(18)8-19-14-10(3)16-11-6-4-5-7-12(11)17-14/h4-7,9H,8H2,1-3H3,(H,15,18). The van der Waals surface area contributed by atoms with Crippen LogP contribution in [0, 0.1) is 6.92 Å². The van der Waals surface area contributed by atoms with Crippen molar-refractivity contribution in [1.82, 2.24) is 15.3 Å². The van der Waals surface area contributed by atoms with Crippen LogP contribution in [0.5, 0.6) is 0 Å². The van der Waals surface area contributed by atoms with Crippen LogP contribution in [0.15, 0.2) is 29.3 Å². The van der Waals surface area contributed by atoms with Crippen LogP contribution in [0.2, 0.25) is 0 Å². The largest absolute Gasteiger partial charge is 0.353 e. The average molecular weight is 275 g/mol. The maximum absolute atomic E-state index is 11.6. The maximum Gasteiger partial charge on any atom is 0.230 e. The molecule has 0 atom stereocenters. The average Bonchev–Trinajstić information content (AvgIpc) is 2.35. The molecule has 1 heterocycles. The van der Waals surface area contributed by atoms with Crippen molar-refractivity contribution < 1.29 is 4.79 Å². The van der Waals surface area contributed by atoms with E-state index in [1.165, 1.54) is 11.8 Å². The van der Waals surface area contributed by atoms with Crippen molar-refractivity contribution in [2.45, 2.75) is 31.8 Å². The predicted molar refractivity (Wildman–Crippen MR) is 78.3 cm³/mol. The molecule has 2 aromatic rings. The first-order chi connectivity index (χ1) is 9.06. The first-order valence-electron chi connectivity index (χ1n) is 6.22. The van der Waals surface area contributed by atoms with Crippen LogP contribution in [-0.4, -0.2) is 27.7 Å². The Balaban J connectivity index is 2.12. The fraction of sp³-hybridized carbons (Fsp3) is 0.357. The second-order valence-electron chi connectivity index (χ2n) is 4.61. The zero-order valence-electron chi connectivity index (χ0n) is 11.3. The lowest BCUT2D eigenvalue weighted by Gasteiger charge is -2.09. The molecule has 0 saturated heterocycles. The molecule has 100 valence electrons. The molecule has 0 aliphatic carbocycles. The van der Waals surface area contributed by atoms with Gasteiger partial charge in [-0.25, -0.2) is 9.97 Å². The lowest BCUT2D eigenvalue weighted by Crippen LogP contribution is -2.31. The van der Waals surface area contributed by atoms with E-state index >= 15 is 0 Å². The maximum atomic E-state index is 11.6. The van der Waals surface area contributed by atoms with E-state index in [4.69, 9.17) is 0 Å². The first kappa shape index (κ1) is 13.8. The summed E-state index contributed by atoms with van der Waals surface area (Å²) in [6, 6.07) is 7.91. The molecule has 2 rings (SSSR count). The number of para-hydroxylation sites is 2. The second-order valence-corrected chi connectivity index (χ2v) is 5.58. The van der Waals surface area contributed by atoms with Crippen LogP contribution in [0.3, 0.4) is 0 Å². The molecule has 0 spiro atoms. The summed E-state index contributed by atoms with van der Waals surface area (Å²) in [7, 11) is 0. The Morgan fingerprint density at radius 1 is 1.26 bits per heavy atom. The Kier molecular flexibility index (Phi) is 4.37. The van der Waals surface area contributed by atoms with Crippen molar-refractivity contribution in [2.75, 3.05) is 5.75 Å². The van der Waals surface area contributed by atoms with Crippen LogP contribution in [0.1, 0.15) is 19.5 Å². The lowest BCUT2D eigenvalue weighted by molar-refractivity contribution is -0.119. The molecule has 5 heteroatoms. The van der Waals surface area contributed by atoms with Gasteiger partial charge in [0, 0.05) is 6.04 Å². The highest BCUT2D eigenvalue weighted by Crippen LogP contribution is 2.21. The van der Waals surface area contributed by atoms with Gasteiger partial charge in [-0.15, -0.1) is 0 Å². The second kappa shape index (κ2) is 6.02. The van der Waals surface area contributed by atoms with Gasteiger partial charge in [-0.2, -0.15) is 0 Å². The van der Waals surface area contributed by atoms with Gasteiger partial charge < -0.3 is 5.32 Å². The molecule has 4 nitrogen and oxygen atoms in total. The molecule has 1 aromatic heterocycles. The van der Waals surface area contributed by atoms with Crippen molar-refractivity contribution in [3.63, 3.8) is 0 Å². The summed E-state index contributed by atoms with van der Waals surface area (Å²) < 4.78 is 0. The third-order valence-electron chi connectivity index (χ3n) is 2.49. The van der Waals surface area contributed by atoms with Crippen LogP contribution < -0.4 is 5.32 Å². The SMILES string of the molecule is Cc1nc2ccccc2nc1SCC(=O)NC(C)C. The summed E-state index contributed by atoms with van der Waals surface area (Å²) in [6.07, 6.45) is 0. The van der Waals surface area contributed by atoms with Gasteiger partial charge in [0.05, 0.1) is 22.5 Å². The van der Waals surface area contributed by atoms with E-state index < -0.39 is 0 Å². The molecule has 1 N–H and O–H groups in total. The smallest absolute Gasteiger partial charge is 0.230 e. The van der Waals surface area contributed by atoms with Gasteiger partial charge in [-0.3, -0.25) is 4.79 Å².